The molecule has 0 aliphatic carbocycles. The molecule has 0 radical (unpaired) electrons. The lowest BCUT2D eigenvalue weighted by molar-refractivity contribution is 0.124. The first-order chi connectivity index (χ1) is 4.68. The maximum Gasteiger partial charge on any atom is 0.0687 e. The van der Waals surface area contributed by atoms with Crippen molar-refractivity contribution in [2.24, 2.45) is 11.7 Å². The van der Waals surface area contributed by atoms with Gasteiger partial charge < -0.3 is 16.2 Å². The first kappa shape index (κ1) is 9.88. The second-order valence-electron chi connectivity index (χ2n) is 2.80. The normalized spacial score (nSPS) is 14.1. The molecule has 0 aromatic carbocycles. The quantitative estimate of drug-likeness (QED) is 0.460. The zero-order valence-electron chi connectivity index (χ0n) is 6.80. The zero-order chi connectivity index (χ0) is 7.98. The van der Waals surface area contributed by atoms with Gasteiger partial charge in [-0.05, 0) is 5.92 Å². The highest BCUT2D eigenvalue weighted by atomic mass is 16.3. The van der Waals surface area contributed by atoms with Crippen molar-refractivity contribution >= 4 is 0 Å². The SMILES string of the molecule is CC(C)C(O)CNCCN. The molecule has 0 heterocycles. The van der Waals surface area contributed by atoms with Crippen LogP contribution >= 0.6 is 0 Å². The molecule has 1 atom stereocenters. The van der Waals surface area contributed by atoms with E-state index in [1.807, 2.05) is 13.8 Å². The van der Waals surface area contributed by atoms with Crippen molar-refractivity contribution in [3.05, 3.63) is 0 Å². The monoisotopic (exact) mass is 146 g/mol. The minimum absolute atomic E-state index is 0.244. The Morgan fingerprint density at radius 2 is 2.10 bits per heavy atom. The van der Waals surface area contributed by atoms with Gasteiger partial charge >= 0.3 is 0 Å². The molecule has 3 heteroatoms. The standard InChI is InChI=1S/C7H18N2O/c1-6(2)7(10)5-9-4-3-8/h6-7,9-10H,3-5,8H2,1-2H3. The van der Waals surface area contributed by atoms with Gasteiger partial charge in [-0.2, -0.15) is 0 Å². The van der Waals surface area contributed by atoms with Crippen LogP contribution in [-0.2, 0) is 0 Å². The number of hydrogen-bond acceptors (Lipinski definition) is 3. The molecular weight excluding hydrogens is 128 g/mol. The molecule has 0 rings (SSSR count). The van der Waals surface area contributed by atoms with Crippen LogP contribution in [0.15, 0.2) is 0 Å². The lowest BCUT2D eigenvalue weighted by Gasteiger charge is -2.14. The van der Waals surface area contributed by atoms with E-state index in [0.29, 0.717) is 19.0 Å². The highest BCUT2D eigenvalue weighted by Crippen LogP contribution is 1.97. The maximum atomic E-state index is 9.25. The molecule has 0 saturated heterocycles. The van der Waals surface area contributed by atoms with Crippen LogP contribution in [0.2, 0.25) is 0 Å². The fraction of sp³-hybridized carbons (Fsp3) is 1.00. The van der Waals surface area contributed by atoms with Crippen LogP contribution in [0.1, 0.15) is 13.8 Å². The van der Waals surface area contributed by atoms with Gasteiger partial charge in [0.05, 0.1) is 6.10 Å². The van der Waals surface area contributed by atoms with Gasteiger partial charge in [0.2, 0.25) is 0 Å². The minimum Gasteiger partial charge on any atom is -0.392 e. The Morgan fingerprint density at radius 1 is 1.50 bits per heavy atom. The summed E-state index contributed by atoms with van der Waals surface area (Å²) in [5.74, 6) is 0.324. The van der Waals surface area contributed by atoms with E-state index in [1.54, 1.807) is 0 Å². The molecule has 0 bridgehead atoms. The summed E-state index contributed by atoms with van der Waals surface area (Å²) >= 11 is 0. The summed E-state index contributed by atoms with van der Waals surface area (Å²) in [4.78, 5) is 0. The van der Waals surface area contributed by atoms with Crippen LogP contribution in [-0.4, -0.2) is 30.8 Å². The molecule has 0 fully saturated rings. The molecule has 0 saturated carbocycles. The number of aliphatic hydroxyl groups is 1. The summed E-state index contributed by atoms with van der Waals surface area (Å²) in [5, 5.41) is 12.3. The molecule has 0 spiro atoms. The highest BCUT2D eigenvalue weighted by molar-refractivity contribution is 4.62. The molecule has 0 aromatic rings. The molecule has 0 amide bonds. The summed E-state index contributed by atoms with van der Waals surface area (Å²) in [6.07, 6.45) is -0.244. The molecule has 4 N–H and O–H groups in total. The Morgan fingerprint density at radius 3 is 2.50 bits per heavy atom. The number of aliphatic hydroxyl groups excluding tert-OH is 1. The molecule has 1 unspecified atom stereocenters. The number of nitrogens with two attached hydrogens (primary N) is 1. The fourth-order valence-electron chi connectivity index (χ4n) is 0.588. The molecule has 10 heavy (non-hydrogen) atoms. The Hall–Kier alpha value is -0.120. The summed E-state index contributed by atoms with van der Waals surface area (Å²) in [7, 11) is 0. The average molecular weight is 146 g/mol. The van der Waals surface area contributed by atoms with Gasteiger partial charge in [-0.25, -0.2) is 0 Å². The van der Waals surface area contributed by atoms with E-state index < -0.39 is 0 Å². The maximum absolute atomic E-state index is 9.25. The zero-order valence-corrected chi connectivity index (χ0v) is 6.80. The van der Waals surface area contributed by atoms with Crippen LogP contribution in [0, 0.1) is 5.92 Å². The lowest BCUT2D eigenvalue weighted by atomic mass is 10.1. The van der Waals surface area contributed by atoms with Gasteiger partial charge in [-0.1, -0.05) is 13.8 Å². The lowest BCUT2D eigenvalue weighted by Crippen LogP contribution is -2.33. The van der Waals surface area contributed by atoms with E-state index in [2.05, 4.69) is 5.32 Å². The van der Waals surface area contributed by atoms with Gasteiger partial charge in [0.1, 0.15) is 0 Å². The van der Waals surface area contributed by atoms with Crippen LogP contribution in [0.5, 0.6) is 0 Å². The van der Waals surface area contributed by atoms with Gasteiger partial charge in [-0.3, -0.25) is 0 Å². The number of hydrogen-bond donors (Lipinski definition) is 3. The van der Waals surface area contributed by atoms with E-state index in [4.69, 9.17) is 5.73 Å². The van der Waals surface area contributed by atoms with Crippen molar-refractivity contribution in [2.45, 2.75) is 20.0 Å². The van der Waals surface area contributed by atoms with E-state index >= 15 is 0 Å². The average Bonchev–Trinajstić information content (AvgIpc) is 1.88. The second kappa shape index (κ2) is 5.65. The molecule has 3 nitrogen and oxygen atoms in total. The number of nitrogens with one attached hydrogen (secondary N) is 1. The first-order valence-electron chi connectivity index (χ1n) is 3.77. The molecule has 0 aliphatic heterocycles. The summed E-state index contributed by atoms with van der Waals surface area (Å²) in [6, 6.07) is 0. The number of rotatable bonds is 5. The van der Waals surface area contributed by atoms with Crippen LogP contribution in [0.4, 0.5) is 0 Å². The first-order valence-corrected chi connectivity index (χ1v) is 3.77. The smallest absolute Gasteiger partial charge is 0.0687 e. The largest absolute Gasteiger partial charge is 0.392 e. The Kier molecular flexibility index (Phi) is 5.58. The molecular formula is C7H18N2O. The van der Waals surface area contributed by atoms with Crippen LogP contribution in [0.25, 0.3) is 0 Å². The third-order valence-corrected chi connectivity index (χ3v) is 1.44. The minimum atomic E-state index is -0.244. The third-order valence-electron chi connectivity index (χ3n) is 1.44. The molecule has 0 aromatic heterocycles. The van der Waals surface area contributed by atoms with E-state index in [9.17, 15) is 5.11 Å². The topological polar surface area (TPSA) is 58.3 Å². The molecule has 0 aliphatic rings. The van der Waals surface area contributed by atoms with Gasteiger partial charge in [0.15, 0.2) is 0 Å². The Balaban J connectivity index is 3.13. The van der Waals surface area contributed by atoms with E-state index in [1.165, 1.54) is 0 Å². The van der Waals surface area contributed by atoms with Crippen molar-refractivity contribution in [2.75, 3.05) is 19.6 Å². The summed E-state index contributed by atoms with van der Waals surface area (Å²) < 4.78 is 0. The Bertz CT molecular complexity index is 76.0. The summed E-state index contributed by atoms with van der Waals surface area (Å²) in [6.45, 7) is 6.05. The van der Waals surface area contributed by atoms with Gasteiger partial charge in [0.25, 0.3) is 0 Å². The van der Waals surface area contributed by atoms with Gasteiger partial charge in [-0.15, -0.1) is 0 Å². The highest BCUT2D eigenvalue weighted by Gasteiger charge is 2.06. The third kappa shape index (κ3) is 4.73. The fourth-order valence-corrected chi connectivity index (χ4v) is 0.588. The van der Waals surface area contributed by atoms with Gasteiger partial charge in [0, 0.05) is 19.6 Å². The van der Waals surface area contributed by atoms with Crippen LogP contribution < -0.4 is 11.1 Å². The van der Waals surface area contributed by atoms with Crippen molar-refractivity contribution in [1.29, 1.82) is 0 Å². The predicted octanol–water partition coefficient (Wildman–Crippen LogP) is -0.448. The predicted molar refractivity (Wildman–Crippen MR) is 42.8 cm³/mol. The van der Waals surface area contributed by atoms with Crippen molar-refractivity contribution in [1.82, 2.24) is 5.32 Å². The van der Waals surface area contributed by atoms with Crippen LogP contribution in [0.3, 0.4) is 0 Å². The summed E-state index contributed by atoms with van der Waals surface area (Å²) in [5.41, 5.74) is 5.25. The van der Waals surface area contributed by atoms with Crippen molar-refractivity contribution in [3.8, 4) is 0 Å². The van der Waals surface area contributed by atoms with Crippen molar-refractivity contribution < 1.29 is 5.11 Å². The van der Waals surface area contributed by atoms with E-state index in [-0.39, 0.29) is 6.10 Å². The molecule has 62 valence electrons. The van der Waals surface area contributed by atoms with E-state index in [0.717, 1.165) is 6.54 Å². The van der Waals surface area contributed by atoms with Crippen molar-refractivity contribution in [3.63, 3.8) is 0 Å². The second-order valence-corrected chi connectivity index (χ2v) is 2.80. The Labute approximate surface area is 62.6 Å².